The van der Waals surface area contributed by atoms with Gasteiger partial charge in [-0.05, 0) is 67.3 Å². The van der Waals surface area contributed by atoms with E-state index in [2.05, 4.69) is 28.4 Å². The van der Waals surface area contributed by atoms with E-state index < -0.39 is 0 Å². The second-order valence-corrected chi connectivity index (χ2v) is 8.38. The van der Waals surface area contributed by atoms with Gasteiger partial charge in [-0.25, -0.2) is 4.68 Å². The molecule has 6 nitrogen and oxygen atoms in total. The largest absolute Gasteiger partial charge is 0.351 e. The van der Waals surface area contributed by atoms with Gasteiger partial charge in [0.05, 0.1) is 11.9 Å². The molecule has 3 aromatic rings. The Balaban J connectivity index is 1.52. The molecule has 1 saturated carbocycles. The zero-order valence-electron chi connectivity index (χ0n) is 17.4. The van der Waals surface area contributed by atoms with Crippen LogP contribution in [0.4, 0.5) is 5.69 Å². The zero-order chi connectivity index (χ0) is 21.6. The van der Waals surface area contributed by atoms with E-state index >= 15 is 0 Å². The van der Waals surface area contributed by atoms with E-state index in [4.69, 9.17) is 0 Å². The lowest BCUT2D eigenvalue weighted by molar-refractivity contribution is -0.111. The standard InChI is InChI=1S/C25H24N4O2/c1-3-23(30)28-18-6-4-7-19(13-18)29-16(2)21(14-27-29)17-8-9-20-22(12-17)25(10-5-11-25)15-26-24(20)31/h3-4,6-9,12-14H,1,5,10-11,15H2,2H3,(H,26,31)(H,28,30). The lowest BCUT2D eigenvalue weighted by atomic mass is 9.61. The Kier molecular flexibility index (Phi) is 4.50. The summed E-state index contributed by atoms with van der Waals surface area (Å²) in [5.74, 6) is -0.233. The van der Waals surface area contributed by atoms with Crippen LogP contribution in [0, 0.1) is 6.92 Å². The van der Waals surface area contributed by atoms with Crippen LogP contribution < -0.4 is 10.6 Å². The first-order valence-corrected chi connectivity index (χ1v) is 10.5. The van der Waals surface area contributed by atoms with Crippen LogP contribution in [-0.2, 0) is 10.2 Å². The minimum atomic E-state index is -0.252. The van der Waals surface area contributed by atoms with Crippen LogP contribution in [0.2, 0.25) is 0 Å². The van der Waals surface area contributed by atoms with Gasteiger partial charge in [-0.15, -0.1) is 0 Å². The fraction of sp³-hybridized carbons (Fsp3) is 0.240. The van der Waals surface area contributed by atoms with Crippen LogP contribution in [0.3, 0.4) is 0 Å². The number of amides is 2. The first kappa shape index (κ1) is 19.3. The lowest BCUT2D eigenvalue weighted by Gasteiger charge is -2.46. The number of fused-ring (bicyclic) bond motifs is 2. The van der Waals surface area contributed by atoms with Gasteiger partial charge in [0.1, 0.15) is 0 Å². The number of hydrogen-bond acceptors (Lipinski definition) is 3. The summed E-state index contributed by atoms with van der Waals surface area (Å²) >= 11 is 0. The quantitative estimate of drug-likeness (QED) is 0.633. The van der Waals surface area contributed by atoms with Crippen molar-refractivity contribution in [3.05, 3.63) is 78.1 Å². The average molecular weight is 412 g/mol. The summed E-state index contributed by atoms with van der Waals surface area (Å²) in [6.07, 6.45) is 6.54. The Morgan fingerprint density at radius 2 is 2.06 bits per heavy atom. The highest BCUT2D eigenvalue weighted by Crippen LogP contribution is 2.47. The molecule has 2 aliphatic rings. The van der Waals surface area contributed by atoms with Gasteiger partial charge in [-0.2, -0.15) is 5.10 Å². The number of rotatable bonds is 4. The molecule has 1 aliphatic heterocycles. The third-order valence-electron chi connectivity index (χ3n) is 6.60. The monoisotopic (exact) mass is 412 g/mol. The van der Waals surface area contributed by atoms with Crippen LogP contribution >= 0.6 is 0 Å². The summed E-state index contributed by atoms with van der Waals surface area (Å²) in [5, 5.41) is 10.4. The van der Waals surface area contributed by atoms with Crippen molar-refractivity contribution in [2.45, 2.75) is 31.6 Å². The summed E-state index contributed by atoms with van der Waals surface area (Å²) in [4.78, 5) is 24.0. The van der Waals surface area contributed by atoms with Crippen molar-refractivity contribution >= 4 is 17.5 Å². The van der Waals surface area contributed by atoms with Crippen LogP contribution in [0.25, 0.3) is 16.8 Å². The number of hydrogen-bond donors (Lipinski definition) is 2. The molecule has 0 radical (unpaired) electrons. The molecule has 2 amide bonds. The van der Waals surface area contributed by atoms with E-state index in [9.17, 15) is 9.59 Å². The Bertz CT molecular complexity index is 1220. The molecule has 1 fully saturated rings. The van der Waals surface area contributed by atoms with Gasteiger partial charge >= 0.3 is 0 Å². The first-order chi connectivity index (χ1) is 15.0. The van der Waals surface area contributed by atoms with Gasteiger partial charge in [-0.3, -0.25) is 9.59 Å². The third-order valence-corrected chi connectivity index (χ3v) is 6.60. The molecule has 5 rings (SSSR count). The Labute approximate surface area is 181 Å². The molecule has 0 saturated heterocycles. The highest BCUT2D eigenvalue weighted by molar-refractivity contribution is 5.99. The number of anilines is 1. The van der Waals surface area contributed by atoms with Crippen LogP contribution in [-0.4, -0.2) is 28.1 Å². The van der Waals surface area contributed by atoms with Gasteiger partial charge < -0.3 is 10.6 Å². The van der Waals surface area contributed by atoms with E-state index in [-0.39, 0.29) is 17.2 Å². The summed E-state index contributed by atoms with van der Waals surface area (Å²) < 4.78 is 1.87. The Morgan fingerprint density at radius 3 is 2.81 bits per heavy atom. The molecular formula is C25H24N4O2. The Morgan fingerprint density at radius 1 is 1.23 bits per heavy atom. The molecule has 2 N–H and O–H groups in total. The highest BCUT2D eigenvalue weighted by Gasteiger charge is 2.44. The fourth-order valence-corrected chi connectivity index (χ4v) is 4.70. The smallest absolute Gasteiger partial charge is 0.251 e. The molecule has 1 aromatic heterocycles. The molecule has 1 spiro atoms. The maximum atomic E-state index is 12.4. The highest BCUT2D eigenvalue weighted by atomic mass is 16.2. The van der Waals surface area contributed by atoms with E-state index in [1.807, 2.05) is 54.2 Å². The van der Waals surface area contributed by atoms with Gasteiger partial charge in [0.2, 0.25) is 5.91 Å². The third kappa shape index (κ3) is 3.15. The van der Waals surface area contributed by atoms with Gasteiger partial charge in [0.25, 0.3) is 5.91 Å². The molecule has 156 valence electrons. The van der Waals surface area contributed by atoms with Gasteiger partial charge in [-0.1, -0.05) is 25.1 Å². The molecule has 0 unspecified atom stereocenters. The second kappa shape index (κ2) is 7.23. The first-order valence-electron chi connectivity index (χ1n) is 10.5. The van der Waals surface area contributed by atoms with E-state index in [0.717, 1.165) is 47.5 Å². The molecule has 6 heteroatoms. The van der Waals surface area contributed by atoms with Crippen molar-refractivity contribution in [3.63, 3.8) is 0 Å². The van der Waals surface area contributed by atoms with Crippen LogP contribution in [0.5, 0.6) is 0 Å². The number of nitrogens with zero attached hydrogens (tertiary/aromatic N) is 2. The zero-order valence-corrected chi connectivity index (χ0v) is 17.4. The van der Waals surface area contributed by atoms with Crippen molar-refractivity contribution < 1.29 is 9.59 Å². The van der Waals surface area contributed by atoms with E-state index in [1.165, 1.54) is 18.1 Å². The van der Waals surface area contributed by atoms with Gasteiger partial charge in [0, 0.05) is 34.5 Å². The van der Waals surface area contributed by atoms with Crippen molar-refractivity contribution in [3.8, 4) is 16.8 Å². The maximum absolute atomic E-state index is 12.4. The summed E-state index contributed by atoms with van der Waals surface area (Å²) in [6, 6.07) is 13.7. The molecule has 0 atom stereocenters. The summed E-state index contributed by atoms with van der Waals surface area (Å²) in [7, 11) is 0. The van der Waals surface area contributed by atoms with Crippen molar-refractivity contribution in [1.82, 2.24) is 15.1 Å². The second-order valence-electron chi connectivity index (χ2n) is 8.38. The number of aromatic nitrogens is 2. The number of carbonyl (C=O) groups is 2. The summed E-state index contributed by atoms with van der Waals surface area (Å²) in [6.45, 7) is 6.25. The summed E-state index contributed by atoms with van der Waals surface area (Å²) in [5.41, 5.74) is 6.69. The normalized spacial score (nSPS) is 16.2. The predicted octanol–water partition coefficient (Wildman–Crippen LogP) is 4.14. The van der Waals surface area contributed by atoms with Crippen LogP contribution in [0.1, 0.15) is 40.9 Å². The molecule has 31 heavy (non-hydrogen) atoms. The lowest BCUT2D eigenvalue weighted by Crippen LogP contribution is -2.50. The van der Waals surface area contributed by atoms with Crippen molar-refractivity contribution in [2.24, 2.45) is 0 Å². The predicted molar refractivity (Wildman–Crippen MR) is 120 cm³/mol. The van der Waals surface area contributed by atoms with Gasteiger partial charge in [0.15, 0.2) is 0 Å². The van der Waals surface area contributed by atoms with Crippen molar-refractivity contribution in [2.75, 3.05) is 11.9 Å². The van der Waals surface area contributed by atoms with E-state index in [1.54, 1.807) is 0 Å². The molecule has 0 bridgehead atoms. The number of carbonyl (C=O) groups excluding carboxylic acids is 2. The molecule has 1 aliphatic carbocycles. The fourth-order valence-electron chi connectivity index (χ4n) is 4.70. The van der Waals surface area contributed by atoms with Crippen molar-refractivity contribution in [1.29, 1.82) is 0 Å². The average Bonchev–Trinajstić information content (AvgIpc) is 3.14. The number of nitrogens with one attached hydrogen (secondary N) is 2. The van der Waals surface area contributed by atoms with Crippen LogP contribution in [0.15, 0.2) is 61.3 Å². The molecule has 2 aromatic carbocycles. The van der Waals surface area contributed by atoms with E-state index in [0.29, 0.717) is 5.69 Å². The SMILES string of the molecule is C=CC(=O)Nc1cccc(-n2ncc(-c3ccc4c(c3)C3(CCC3)CNC4=O)c2C)c1. The molecule has 2 heterocycles. The minimum absolute atomic E-state index is 0.0184. The maximum Gasteiger partial charge on any atom is 0.251 e. The minimum Gasteiger partial charge on any atom is -0.351 e. The topological polar surface area (TPSA) is 76.0 Å². The molecular weight excluding hydrogens is 388 g/mol. The Hall–Kier alpha value is -3.67. The number of benzene rings is 2.